The van der Waals surface area contributed by atoms with Crippen LogP contribution in [0.1, 0.15) is 33.1 Å². The first-order valence-electron chi connectivity index (χ1n) is 5.14. The van der Waals surface area contributed by atoms with E-state index in [1.165, 1.54) is 0 Å². The van der Waals surface area contributed by atoms with Crippen molar-refractivity contribution in [3.05, 3.63) is 0 Å². The van der Waals surface area contributed by atoms with Gasteiger partial charge >= 0.3 is 5.97 Å². The number of carboxylic acid groups (broad SMARTS) is 1. The summed E-state index contributed by atoms with van der Waals surface area (Å²) in [5, 5.41) is 11.1. The number of aliphatic carboxylic acids is 1. The number of amides is 1. The Morgan fingerprint density at radius 2 is 1.87 bits per heavy atom. The molecule has 2 N–H and O–H groups in total. The molecule has 15 heavy (non-hydrogen) atoms. The largest absolute Gasteiger partial charge is 0.481 e. The number of nitrogens with one attached hydrogen (secondary N) is 1. The Morgan fingerprint density at radius 1 is 1.33 bits per heavy atom. The van der Waals surface area contributed by atoms with Gasteiger partial charge in [-0.05, 0) is 26.7 Å². The summed E-state index contributed by atoms with van der Waals surface area (Å²) in [5.41, 5.74) is 0. The lowest BCUT2D eigenvalue weighted by Crippen LogP contribution is -2.44. The summed E-state index contributed by atoms with van der Waals surface area (Å²) in [6, 6.07) is 0.0376. The molecule has 1 aliphatic heterocycles. The number of carboxylic acids is 1. The molecule has 1 amide bonds. The van der Waals surface area contributed by atoms with Gasteiger partial charge in [0.05, 0.1) is 12.2 Å². The van der Waals surface area contributed by atoms with Crippen LogP contribution in [0.3, 0.4) is 0 Å². The zero-order valence-electron chi connectivity index (χ0n) is 9.03. The van der Waals surface area contributed by atoms with Crippen molar-refractivity contribution < 1.29 is 19.4 Å². The normalized spacial score (nSPS) is 30.9. The van der Waals surface area contributed by atoms with E-state index in [-0.39, 0.29) is 18.2 Å². The lowest BCUT2D eigenvalue weighted by Gasteiger charge is -2.32. The van der Waals surface area contributed by atoms with Crippen molar-refractivity contribution in [2.75, 3.05) is 0 Å². The van der Waals surface area contributed by atoms with Crippen molar-refractivity contribution >= 4 is 11.9 Å². The average molecular weight is 215 g/mol. The Labute approximate surface area is 88.8 Å². The molecular formula is C10H17NO4. The summed E-state index contributed by atoms with van der Waals surface area (Å²) in [5.74, 6) is -1.52. The molecule has 0 bridgehead atoms. The predicted molar refractivity (Wildman–Crippen MR) is 53.4 cm³/mol. The van der Waals surface area contributed by atoms with E-state index in [9.17, 15) is 9.59 Å². The number of ether oxygens (including phenoxy) is 1. The standard InChI is InChI=1S/C10H17NO4/c1-6-3-8(4-7(2)15-6)11-9(12)5-10(13)14/h6-8H,3-5H2,1-2H3,(H,11,12)(H,13,14). The van der Waals surface area contributed by atoms with Crippen LogP contribution in [-0.4, -0.2) is 35.2 Å². The van der Waals surface area contributed by atoms with Crippen molar-refractivity contribution in [1.29, 1.82) is 0 Å². The van der Waals surface area contributed by atoms with Crippen LogP contribution in [-0.2, 0) is 14.3 Å². The SMILES string of the molecule is CC1CC(NC(=O)CC(=O)O)CC(C)O1. The van der Waals surface area contributed by atoms with Crippen LogP contribution in [0.15, 0.2) is 0 Å². The monoisotopic (exact) mass is 215 g/mol. The molecule has 0 saturated carbocycles. The fourth-order valence-electron chi connectivity index (χ4n) is 1.94. The van der Waals surface area contributed by atoms with Crippen molar-refractivity contribution in [1.82, 2.24) is 5.32 Å². The molecule has 0 aromatic heterocycles. The first-order chi connectivity index (χ1) is 6.97. The van der Waals surface area contributed by atoms with E-state index in [1.807, 2.05) is 13.8 Å². The average Bonchev–Trinajstić information content (AvgIpc) is 1.98. The summed E-state index contributed by atoms with van der Waals surface area (Å²) >= 11 is 0. The molecule has 1 fully saturated rings. The number of carbonyl (C=O) groups excluding carboxylic acids is 1. The lowest BCUT2D eigenvalue weighted by atomic mass is 10.00. The molecule has 2 unspecified atom stereocenters. The van der Waals surface area contributed by atoms with Crippen LogP contribution in [0.5, 0.6) is 0 Å². The smallest absolute Gasteiger partial charge is 0.312 e. The Morgan fingerprint density at radius 3 is 2.33 bits per heavy atom. The van der Waals surface area contributed by atoms with Crippen LogP contribution in [0.4, 0.5) is 0 Å². The van der Waals surface area contributed by atoms with E-state index in [2.05, 4.69) is 5.32 Å². The minimum absolute atomic E-state index is 0.0376. The van der Waals surface area contributed by atoms with Gasteiger partial charge in [-0.25, -0.2) is 0 Å². The van der Waals surface area contributed by atoms with Gasteiger partial charge in [-0.15, -0.1) is 0 Å². The van der Waals surface area contributed by atoms with Crippen molar-refractivity contribution in [2.45, 2.75) is 51.4 Å². The van der Waals surface area contributed by atoms with Crippen LogP contribution in [0.25, 0.3) is 0 Å². The zero-order valence-corrected chi connectivity index (χ0v) is 9.03. The van der Waals surface area contributed by atoms with Crippen LogP contribution in [0, 0.1) is 0 Å². The highest BCUT2D eigenvalue weighted by atomic mass is 16.5. The Bertz CT molecular complexity index is 244. The maximum atomic E-state index is 11.2. The van der Waals surface area contributed by atoms with Gasteiger partial charge in [0, 0.05) is 6.04 Å². The predicted octanol–water partition coefficient (Wildman–Crippen LogP) is 0.533. The third kappa shape index (κ3) is 4.29. The highest BCUT2D eigenvalue weighted by Gasteiger charge is 2.25. The highest BCUT2D eigenvalue weighted by Crippen LogP contribution is 2.18. The number of rotatable bonds is 3. The number of hydrogen-bond acceptors (Lipinski definition) is 3. The van der Waals surface area contributed by atoms with Gasteiger partial charge in [-0.3, -0.25) is 9.59 Å². The summed E-state index contributed by atoms with van der Waals surface area (Å²) in [6.45, 7) is 3.90. The summed E-state index contributed by atoms with van der Waals surface area (Å²) < 4.78 is 5.51. The minimum Gasteiger partial charge on any atom is -0.481 e. The van der Waals surface area contributed by atoms with Gasteiger partial charge in [0.25, 0.3) is 0 Å². The molecule has 0 radical (unpaired) electrons. The van der Waals surface area contributed by atoms with E-state index < -0.39 is 18.3 Å². The molecule has 1 rings (SSSR count). The van der Waals surface area contributed by atoms with Crippen LogP contribution in [0.2, 0.25) is 0 Å². The van der Waals surface area contributed by atoms with E-state index in [0.29, 0.717) is 0 Å². The van der Waals surface area contributed by atoms with Gasteiger partial charge < -0.3 is 15.2 Å². The maximum absolute atomic E-state index is 11.2. The van der Waals surface area contributed by atoms with Gasteiger partial charge in [0.1, 0.15) is 6.42 Å². The second-order valence-electron chi connectivity index (χ2n) is 4.06. The molecule has 0 aromatic carbocycles. The molecule has 1 saturated heterocycles. The quantitative estimate of drug-likeness (QED) is 0.673. The molecule has 5 nitrogen and oxygen atoms in total. The Balaban J connectivity index is 2.37. The van der Waals surface area contributed by atoms with Crippen molar-refractivity contribution in [2.24, 2.45) is 0 Å². The van der Waals surface area contributed by atoms with Gasteiger partial charge in [-0.1, -0.05) is 0 Å². The topological polar surface area (TPSA) is 75.6 Å². The summed E-state index contributed by atoms with van der Waals surface area (Å²) in [4.78, 5) is 21.5. The fourth-order valence-corrected chi connectivity index (χ4v) is 1.94. The molecule has 0 aliphatic carbocycles. The number of hydrogen-bond donors (Lipinski definition) is 2. The lowest BCUT2D eigenvalue weighted by molar-refractivity contribution is -0.141. The fraction of sp³-hybridized carbons (Fsp3) is 0.800. The molecule has 0 aromatic rings. The molecule has 2 atom stereocenters. The summed E-state index contributed by atoms with van der Waals surface area (Å²) in [6.07, 6.45) is 1.26. The molecule has 1 aliphatic rings. The number of carbonyl (C=O) groups is 2. The highest BCUT2D eigenvalue weighted by molar-refractivity contribution is 5.93. The van der Waals surface area contributed by atoms with Crippen molar-refractivity contribution in [3.63, 3.8) is 0 Å². The summed E-state index contributed by atoms with van der Waals surface area (Å²) in [7, 11) is 0. The van der Waals surface area contributed by atoms with E-state index in [0.717, 1.165) is 12.8 Å². The van der Waals surface area contributed by atoms with Crippen LogP contribution >= 0.6 is 0 Å². The minimum atomic E-state index is -1.10. The molecular weight excluding hydrogens is 198 g/mol. The van der Waals surface area contributed by atoms with Crippen LogP contribution < -0.4 is 5.32 Å². The second-order valence-corrected chi connectivity index (χ2v) is 4.06. The molecule has 86 valence electrons. The van der Waals surface area contributed by atoms with E-state index in [4.69, 9.17) is 9.84 Å². The molecule has 5 heteroatoms. The third-order valence-electron chi connectivity index (χ3n) is 2.37. The first-order valence-corrected chi connectivity index (χ1v) is 5.14. The van der Waals surface area contributed by atoms with Gasteiger partial charge in [0.2, 0.25) is 5.91 Å². The van der Waals surface area contributed by atoms with E-state index in [1.54, 1.807) is 0 Å². The van der Waals surface area contributed by atoms with E-state index >= 15 is 0 Å². The molecule has 1 heterocycles. The first kappa shape index (κ1) is 12.0. The van der Waals surface area contributed by atoms with Gasteiger partial charge in [0.15, 0.2) is 0 Å². The second kappa shape index (κ2) is 5.11. The Hall–Kier alpha value is -1.10. The molecule has 0 spiro atoms. The van der Waals surface area contributed by atoms with Crippen molar-refractivity contribution in [3.8, 4) is 0 Å². The maximum Gasteiger partial charge on any atom is 0.312 e. The zero-order chi connectivity index (χ0) is 11.4. The Kier molecular flexibility index (Phi) is 4.08. The van der Waals surface area contributed by atoms with Gasteiger partial charge in [-0.2, -0.15) is 0 Å². The third-order valence-corrected chi connectivity index (χ3v) is 2.37.